The van der Waals surface area contributed by atoms with Gasteiger partial charge in [0.15, 0.2) is 5.58 Å². The number of nitrogens with zero attached hydrogens (tertiary/aromatic N) is 4. The molecular formula is C46H38N4O. The molecule has 0 N–H and O–H groups in total. The second-order valence-electron chi connectivity index (χ2n) is 12.1. The topological polar surface area (TPSA) is 48.8 Å². The smallest absolute Gasteiger partial charge is 0.159 e. The molecule has 0 radical (unpaired) electrons. The standard InChI is InChI=1S/C40H24N4O.C4H8.C2H6/c1-2-9-27(10-3-1)43-33-19-17-25(24-31(33)39-34(43)15-7-22-42-39)26-18-20-37-30(23-26)28-12-6-14-36(40(28)45-37)44-32-13-5-4-11-29(32)38-35(44)16-8-21-41-38;1-3-4-2;1-2/h1-24H;3-4H,1-2H3;1-2H3/b;4-3-;. The quantitative estimate of drug-likeness (QED) is 0.177. The molecule has 0 aliphatic carbocycles. The molecule has 10 aromatic rings. The van der Waals surface area contributed by atoms with Gasteiger partial charge in [-0.25, -0.2) is 0 Å². The number of pyridine rings is 2. The molecule has 5 aromatic carbocycles. The summed E-state index contributed by atoms with van der Waals surface area (Å²) in [5.74, 6) is 0. The number of hydrogen-bond donors (Lipinski definition) is 0. The van der Waals surface area contributed by atoms with Crippen LogP contribution in [-0.2, 0) is 0 Å². The number of hydrogen-bond acceptors (Lipinski definition) is 3. The predicted molar refractivity (Wildman–Crippen MR) is 215 cm³/mol. The molecule has 0 aliphatic rings. The summed E-state index contributed by atoms with van der Waals surface area (Å²) in [7, 11) is 0. The van der Waals surface area contributed by atoms with Gasteiger partial charge in [0.1, 0.15) is 5.58 Å². The number of allylic oxidation sites excluding steroid dienone is 2. The van der Waals surface area contributed by atoms with E-state index in [1.807, 2.05) is 70.4 Å². The molecule has 0 fully saturated rings. The van der Waals surface area contributed by atoms with Crippen LogP contribution in [0.3, 0.4) is 0 Å². The van der Waals surface area contributed by atoms with E-state index in [0.717, 1.165) is 88.3 Å². The summed E-state index contributed by atoms with van der Waals surface area (Å²) < 4.78 is 11.2. The summed E-state index contributed by atoms with van der Waals surface area (Å²) in [6.45, 7) is 8.00. The highest BCUT2D eigenvalue weighted by molar-refractivity contribution is 6.13. The van der Waals surface area contributed by atoms with Crippen LogP contribution >= 0.6 is 0 Å². The maximum atomic E-state index is 6.62. The summed E-state index contributed by atoms with van der Waals surface area (Å²) in [5.41, 5.74) is 12.5. The zero-order valence-electron chi connectivity index (χ0n) is 29.2. The molecule has 51 heavy (non-hydrogen) atoms. The van der Waals surface area contributed by atoms with Crippen molar-refractivity contribution in [3.63, 3.8) is 0 Å². The van der Waals surface area contributed by atoms with E-state index in [1.54, 1.807) is 0 Å². The number of fused-ring (bicyclic) bond motifs is 9. The van der Waals surface area contributed by atoms with Crippen molar-refractivity contribution in [2.45, 2.75) is 27.7 Å². The van der Waals surface area contributed by atoms with Crippen LogP contribution in [0.1, 0.15) is 27.7 Å². The van der Waals surface area contributed by atoms with Gasteiger partial charge < -0.3 is 13.6 Å². The van der Waals surface area contributed by atoms with Gasteiger partial charge in [-0.3, -0.25) is 9.97 Å². The van der Waals surface area contributed by atoms with Gasteiger partial charge in [0.2, 0.25) is 0 Å². The first-order valence-electron chi connectivity index (χ1n) is 17.6. The summed E-state index contributed by atoms with van der Waals surface area (Å²) >= 11 is 0. The maximum absolute atomic E-state index is 6.62. The highest BCUT2D eigenvalue weighted by Gasteiger charge is 2.19. The molecule has 10 rings (SSSR count). The molecular weight excluding hydrogens is 625 g/mol. The lowest BCUT2D eigenvalue weighted by molar-refractivity contribution is 0.666. The number of furan rings is 1. The minimum Gasteiger partial charge on any atom is -0.454 e. The number of rotatable bonds is 3. The van der Waals surface area contributed by atoms with E-state index < -0.39 is 0 Å². The van der Waals surface area contributed by atoms with Crippen molar-refractivity contribution in [2.24, 2.45) is 0 Å². The minimum absolute atomic E-state index is 0.863. The fraction of sp³-hybridized carbons (Fsp3) is 0.0870. The second-order valence-corrected chi connectivity index (χ2v) is 12.1. The molecule has 0 spiro atoms. The lowest BCUT2D eigenvalue weighted by Gasteiger charge is -2.08. The maximum Gasteiger partial charge on any atom is 0.159 e. The fourth-order valence-corrected chi connectivity index (χ4v) is 7.05. The predicted octanol–water partition coefficient (Wildman–Crippen LogP) is 12.8. The number of benzene rings is 5. The molecule has 0 bridgehead atoms. The third kappa shape index (κ3) is 5.26. The zero-order chi connectivity index (χ0) is 34.9. The normalized spacial score (nSPS) is 11.5. The van der Waals surface area contributed by atoms with Crippen LogP contribution in [0.25, 0.3) is 88.3 Å². The fourth-order valence-electron chi connectivity index (χ4n) is 7.05. The Bertz CT molecular complexity index is 2800. The van der Waals surface area contributed by atoms with Crippen molar-refractivity contribution in [1.29, 1.82) is 0 Å². The third-order valence-corrected chi connectivity index (χ3v) is 9.35. The van der Waals surface area contributed by atoms with Gasteiger partial charge in [0, 0.05) is 39.6 Å². The lowest BCUT2D eigenvalue weighted by atomic mass is 10.0. The Hall–Kier alpha value is -6.46. The molecule has 0 unspecified atom stereocenters. The Morgan fingerprint density at radius 3 is 1.82 bits per heavy atom. The first-order chi connectivity index (χ1) is 25.2. The molecule has 0 saturated carbocycles. The Labute approximate surface area is 296 Å². The molecule has 0 saturated heterocycles. The van der Waals surface area contributed by atoms with Gasteiger partial charge in [0.05, 0.1) is 38.8 Å². The minimum atomic E-state index is 0.863. The Morgan fingerprint density at radius 2 is 1.08 bits per heavy atom. The zero-order valence-corrected chi connectivity index (χ0v) is 29.2. The second kappa shape index (κ2) is 13.4. The monoisotopic (exact) mass is 662 g/mol. The lowest BCUT2D eigenvalue weighted by Crippen LogP contribution is -1.94. The Morgan fingerprint density at radius 1 is 0.490 bits per heavy atom. The number of aromatic nitrogens is 4. The van der Waals surface area contributed by atoms with E-state index in [2.05, 4.69) is 124 Å². The average molecular weight is 663 g/mol. The Balaban J connectivity index is 0.000000585. The molecule has 5 heteroatoms. The summed E-state index contributed by atoms with van der Waals surface area (Å²) in [4.78, 5) is 9.53. The van der Waals surface area contributed by atoms with E-state index in [-0.39, 0.29) is 0 Å². The molecule has 0 aliphatic heterocycles. The molecule has 5 heterocycles. The molecule has 0 amide bonds. The highest BCUT2D eigenvalue weighted by Crippen LogP contribution is 2.40. The number of para-hydroxylation sites is 3. The highest BCUT2D eigenvalue weighted by atomic mass is 16.3. The average Bonchev–Trinajstić information content (AvgIpc) is 3.86. The molecule has 5 nitrogen and oxygen atoms in total. The van der Waals surface area contributed by atoms with Crippen LogP contribution in [0.15, 0.2) is 162 Å². The SMILES string of the molecule is C/C=C\C.CC.c1ccc(-n2c3ccc(-c4ccc5oc6c(-n7c8ccccc8c8ncccc87)cccc6c5c4)cc3c3ncccc32)cc1. The summed E-state index contributed by atoms with van der Waals surface area (Å²) in [6, 6.07) is 46.8. The largest absolute Gasteiger partial charge is 0.454 e. The third-order valence-electron chi connectivity index (χ3n) is 9.35. The van der Waals surface area contributed by atoms with E-state index >= 15 is 0 Å². The van der Waals surface area contributed by atoms with Crippen LogP contribution in [0.4, 0.5) is 0 Å². The van der Waals surface area contributed by atoms with Crippen molar-refractivity contribution in [2.75, 3.05) is 0 Å². The van der Waals surface area contributed by atoms with Crippen LogP contribution in [-0.4, -0.2) is 19.1 Å². The van der Waals surface area contributed by atoms with Crippen LogP contribution in [0, 0.1) is 0 Å². The first-order valence-corrected chi connectivity index (χ1v) is 17.6. The van der Waals surface area contributed by atoms with Gasteiger partial charge >= 0.3 is 0 Å². The van der Waals surface area contributed by atoms with E-state index in [9.17, 15) is 0 Å². The molecule has 0 atom stereocenters. The van der Waals surface area contributed by atoms with Crippen molar-refractivity contribution in [3.8, 4) is 22.5 Å². The van der Waals surface area contributed by atoms with Gasteiger partial charge in [-0.2, -0.15) is 0 Å². The van der Waals surface area contributed by atoms with Crippen molar-refractivity contribution in [3.05, 3.63) is 158 Å². The van der Waals surface area contributed by atoms with Gasteiger partial charge in [-0.15, -0.1) is 0 Å². The van der Waals surface area contributed by atoms with Crippen molar-refractivity contribution in [1.82, 2.24) is 19.1 Å². The van der Waals surface area contributed by atoms with E-state index in [4.69, 9.17) is 14.4 Å². The van der Waals surface area contributed by atoms with Crippen molar-refractivity contribution < 1.29 is 4.42 Å². The van der Waals surface area contributed by atoms with Crippen LogP contribution in [0.5, 0.6) is 0 Å². The summed E-state index contributed by atoms with van der Waals surface area (Å²) in [5, 5.41) is 4.43. The van der Waals surface area contributed by atoms with Crippen molar-refractivity contribution >= 4 is 65.8 Å². The Kier molecular flexibility index (Phi) is 8.38. The first kappa shape index (κ1) is 31.8. The van der Waals surface area contributed by atoms with Crippen LogP contribution in [0.2, 0.25) is 0 Å². The van der Waals surface area contributed by atoms with E-state index in [1.165, 1.54) is 0 Å². The molecule has 5 aromatic heterocycles. The van der Waals surface area contributed by atoms with Crippen LogP contribution < -0.4 is 0 Å². The van der Waals surface area contributed by atoms with E-state index in [0.29, 0.717) is 0 Å². The molecule has 248 valence electrons. The van der Waals surface area contributed by atoms with Gasteiger partial charge in [-0.05, 0) is 97.8 Å². The van der Waals surface area contributed by atoms with Gasteiger partial charge in [0.25, 0.3) is 0 Å². The van der Waals surface area contributed by atoms with Gasteiger partial charge in [-0.1, -0.05) is 86.7 Å². The summed E-state index contributed by atoms with van der Waals surface area (Å²) in [6.07, 6.45) is 7.73.